The van der Waals surface area contributed by atoms with Gasteiger partial charge in [-0.25, -0.2) is 4.98 Å². The Hall–Kier alpha value is -0.970. The maximum atomic E-state index is 11.5. The number of nitrogens with one attached hydrogen (secondary N) is 1. The third kappa shape index (κ3) is 3.10. The predicted molar refractivity (Wildman–Crippen MR) is 51.9 cm³/mol. The Morgan fingerprint density at radius 3 is 2.46 bits per heavy atom. The first-order valence-electron chi connectivity index (χ1n) is 4.01. The Kier molecular flexibility index (Phi) is 2.66. The highest BCUT2D eigenvalue weighted by Crippen LogP contribution is 2.06. The molecule has 72 valence electrons. The summed E-state index contributed by atoms with van der Waals surface area (Å²) in [6.07, 6.45) is 0. The van der Waals surface area contributed by atoms with Crippen molar-refractivity contribution in [1.82, 2.24) is 14.7 Å². The van der Waals surface area contributed by atoms with Gasteiger partial charge < -0.3 is 5.32 Å². The van der Waals surface area contributed by atoms with E-state index in [1.165, 1.54) is 0 Å². The Bertz CT molecular complexity index is 313. The normalized spacial score (nSPS) is 11.4. The van der Waals surface area contributed by atoms with Gasteiger partial charge in [0.15, 0.2) is 0 Å². The molecule has 0 aliphatic rings. The lowest BCUT2D eigenvalue weighted by atomic mass is 10.1. The molecule has 13 heavy (non-hydrogen) atoms. The fourth-order valence-corrected chi connectivity index (χ4v) is 1.35. The molecule has 1 heterocycles. The van der Waals surface area contributed by atoms with Crippen molar-refractivity contribution in [3.8, 4) is 0 Å². The zero-order valence-electron chi connectivity index (χ0n) is 8.21. The van der Waals surface area contributed by atoms with Crippen LogP contribution >= 0.6 is 11.5 Å². The van der Waals surface area contributed by atoms with Crippen LogP contribution in [0.3, 0.4) is 0 Å². The molecule has 1 aromatic heterocycles. The summed E-state index contributed by atoms with van der Waals surface area (Å²) < 4.78 is 3.94. The quantitative estimate of drug-likeness (QED) is 0.743. The lowest BCUT2D eigenvalue weighted by Gasteiger charge is -2.19. The molecule has 0 unspecified atom stereocenters. The number of nitrogens with zero attached hydrogens (tertiary/aromatic N) is 2. The zero-order valence-corrected chi connectivity index (χ0v) is 9.03. The van der Waals surface area contributed by atoms with Crippen LogP contribution in [0.5, 0.6) is 0 Å². The molecule has 0 spiro atoms. The Morgan fingerprint density at radius 1 is 1.46 bits per heavy atom. The first-order valence-corrected chi connectivity index (χ1v) is 4.79. The van der Waals surface area contributed by atoms with Crippen LogP contribution in [0.2, 0.25) is 0 Å². The molecule has 0 aliphatic heterocycles. The monoisotopic (exact) mass is 199 g/mol. The van der Waals surface area contributed by atoms with Gasteiger partial charge in [-0.2, -0.15) is 4.37 Å². The number of rotatable bonds is 1. The molecule has 0 radical (unpaired) electrons. The van der Waals surface area contributed by atoms with Crippen molar-refractivity contribution in [1.29, 1.82) is 0 Å². The highest BCUT2D eigenvalue weighted by atomic mass is 32.1. The first kappa shape index (κ1) is 10.1. The van der Waals surface area contributed by atoms with E-state index in [9.17, 15) is 4.79 Å². The molecule has 0 aromatic carbocycles. The van der Waals surface area contributed by atoms with E-state index in [1.807, 2.05) is 20.8 Å². The number of hydrogen-bond donors (Lipinski definition) is 1. The number of aryl methyl sites for hydroxylation is 1. The highest BCUT2D eigenvalue weighted by molar-refractivity contribution is 7.07. The van der Waals surface area contributed by atoms with E-state index < -0.39 is 0 Å². The molecule has 1 rings (SSSR count). The van der Waals surface area contributed by atoms with E-state index in [1.54, 1.807) is 6.92 Å². The van der Waals surface area contributed by atoms with E-state index in [2.05, 4.69) is 14.7 Å². The van der Waals surface area contributed by atoms with Crippen LogP contribution in [0.25, 0.3) is 0 Å². The predicted octanol–water partition coefficient (Wildman–Crippen LogP) is 1.37. The van der Waals surface area contributed by atoms with E-state index in [0.29, 0.717) is 10.8 Å². The molecule has 4 nitrogen and oxygen atoms in total. The summed E-state index contributed by atoms with van der Waals surface area (Å²) in [4.78, 5) is 15.5. The summed E-state index contributed by atoms with van der Waals surface area (Å²) in [5.74, 6) is 0.488. The maximum Gasteiger partial charge on any atom is 0.282 e. The van der Waals surface area contributed by atoms with Crippen molar-refractivity contribution in [2.24, 2.45) is 0 Å². The fourth-order valence-electron chi connectivity index (χ4n) is 0.783. The van der Waals surface area contributed by atoms with Crippen molar-refractivity contribution in [2.45, 2.75) is 33.2 Å². The molecule has 0 aliphatic carbocycles. The van der Waals surface area contributed by atoms with Gasteiger partial charge in [0.1, 0.15) is 5.82 Å². The second-order valence-electron chi connectivity index (χ2n) is 3.85. The maximum absolute atomic E-state index is 11.5. The van der Waals surface area contributed by atoms with Gasteiger partial charge in [0.25, 0.3) is 5.91 Å². The number of carbonyl (C=O) groups is 1. The smallest absolute Gasteiger partial charge is 0.282 e. The molecule has 1 N–H and O–H groups in total. The lowest BCUT2D eigenvalue weighted by Crippen LogP contribution is -2.40. The van der Waals surface area contributed by atoms with E-state index in [0.717, 1.165) is 11.5 Å². The van der Waals surface area contributed by atoms with Gasteiger partial charge in [-0.15, -0.1) is 0 Å². The molecule has 1 aromatic rings. The summed E-state index contributed by atoms with van der Waals surface area (Å²) in [6.45, 7) is 7.56. The van der Waals surface area contributed by atoms with E-state index in [4.69, 9.17) is 0 Å². The van der Waals surface area contributed by atoms with Crippen LogP contribution < -0.4 is 5.32 Å². The number of amides is 1. The van der Waals surface area contributed by atoms with Crippen molar-refractivity contribution in [3.05, 3.63) is 10.8 Å². The number of aromatic nitrogens is 2. The average molecular weight is 199 g/mol. The SMILES string of the molecule is Cc1nsc(C(=O)NC(C)(C)C)n1. The summed E-state index contributed by atoms with van der Waals surface area (Å²) >= 11 is 1.13. The van der Waals surface area contributed by atoms with E-state index >= 15 is 0 Å². The fraction of sp³-hybridized carbons (Fsp3) is 0.625. The molecule has 1 amide bonds. The molecule has 0 saturated heterocycles. The van der Waals surface area contributed by atoms with Crippen molar-refractivity contribution in [2.75, 3.05) is 0 Å². The molecule has 5 heteroatoms. The van der Waals surface area contributed by atoms with Crippen LogP contribution in [-0.2, 0) is 0 Å². The van der Waals surface area contributed by atoms with Gasteiger partial charge in [0, 0.05) is 5.54 Å². The van der Waals surface area contributed by atoms with Crippen LogP contribution in [0.4, 0.5) is 0 Å². The molecule has 0 fully saturated rings. The van der Waals surface area contributed by atoms with Crippen LogP contribution in [0.1, 0.15) is 36.4 Å². The standard InChI is InChI=1S/C8H13N3OS/c1-5-9-7(13-11-5)6(12)10-8(2,3)4/h1-4H3,(H,10,12). The molecular weight excluding hydrogens is 186 g/mol. The van der Waals surface area contributed by atoms with Crippen molar-refractivity contribution >= 4 is 17.4 Å². The summed E-state index contributed by atoms with van der Waals surface area (Å²) in [6, 6.07) is 0. The van der Waals surface area contributed by atoms with Crippen LogP contribution in [0, 0.1) is 6.92 Å². The molecular formula is C8H13N3OS. The third-order valence-electron chi connectivity index (χ3n) is 1.21. The largest absolute Gasteiger partial charge is 0.345 e. The Balaban J connectivity index is 2.70. The Morgan fingerprint density at radius 2 is 2.08 bits per heavy atom. The highest BCUT2D eigenvalue weighted by Gasteiger charge is 2.17. The van der Waals surface area contributed by atoms with Gasteiger partial charge in [0.05, 0.1) is 0 Å². The molecule has 0 bridgehead atoms. The second-order valence-corrected chi connectivity index (χ2v) is 4.60. The second kappa shape index (κ2) is 3.41. The third-order valence-corrected chi connectivity index (χ3v) is 2.02. The zero-order chi connectivity index (χ0) is 10.1. The van der Waals surface area contributed by atoms with Gasteiger partial charge >= 0.3 is 0 Å². The van der Waals surface area contributed by atoms with Crippen molar-refractivity contribution < 1.29 is 4.79 Å². The Labute approximate surface area is 81.6 Å². The minimum atomic E-state index is -0.226. The topological polar surface area (TPSA) is 54.9 Å². The molecule has 0 atom stereocenters. The average Bonchev–Trinajstić information content (AvgIpc) is 2.31. The summed E-state index contributed by atoms with van der Waals surface area (Å²) in [7, 11) is 0. The van der Waals surface area contributed by atoms with E-state index in [-0.39, 0.29) is 11.4 Å². The summed E-state index contributed by atoms with van der Waals surface area (Å²) in [5, 5.41) is 3.24. The van der Waals surface area contributed by atoms with Gasteiger partial charge in [-0.05, 0) is 39.2 Å². The van der Waals surface area contributed by atoms with Gasteiger partial charge in [0.2, 0.25) is 5.01 Å². The lowest BCUT2D eigenvalue weighted by molar-refractivity contribution is 0.0919. The van der Waals surface area contributed by atoms with Gasteiger partial charge in [-0.3, -0.25) is 4.79 Å². The van der Waals surface area contributed by atoms with Gasteiger partial charge in [-0.1, -0.05) is 0 Å². The minimum Gasteiger partial charge on any atom is -0.345 e. The molecule has 0 saturated carbocycles. The van der Waals surface area contributed by atoms with Crippen LogP contribution in [0.15, 0.2) is 0 Å². The van der Waals surface area contributed by atoms with Crippen LogP contribution in [-0.4, -0.2) is 20.8 Å². The van der Waals surface area contributed by atoms with Crippen molar-refractivity contribution in [3.63, 3.8) is 0 Å². The summed E-state index contributed by atoms with van der Waals surface area (Å²) in [5.41, 5.74) is -0.226. The minimum absolute atomic E-state index is 0.155. The number of carbonyl (C=O) groups excluding carboxylic acids is 1. The first-order chi connectivity index (χ1) is 5.88. The number of hydrogen-bond acceptors (Lipinski definition) is 4.